The van der Waals surface area contributed by atoms with Crippen molar-refractivity contribution in [3.8, 4) is 0 Å². The van der Waals surface area contributed by atoms with Crippen molar-refractivity contribution in [2.45, 2.75) is 26.2 Å². The lowest BCUT2D eigenvalue weighted by molar-refractivity contribution is -0.384. The summed E-state index contributed by atoms with van der Waals surface area (Å²) in [6.07, 6.45) is 2.17. The second-order valence-electron chi connectivity index (χ2n) is 9.21. The number of likely N-dealkylation sites (tertiary alicyclic amines) is 1. The first-order valence-corrected chi connectivity index (χ1v) is 12.3. The van der Waals surface area contributed by atoms with Crippen molar-refractivity contribution in [2.75, 3.05) is 49.5 Å². The molecule has 2 fully saturated rings. The van der Waals surface area contributed by atoms with E-state index in [0.29, 0.717) is 50.5 Å². The Hall–Kier alpha value is -3.95. The fraction of sp³-hybridized carbons (Fsp3) is 0.423. The van der Waals surface area contributed by atoms with Crippen LogP contribution in [0.4, 0.5) is 17.1 Å². The van der Waals surface area contributed by atoms with E-state index in [0.717, 1.165) is 18.5 Å². The van der Waals surface area contributed by atoms with Crippen molar-refractivity contribution in [1.29, 1.82) is 0 Å². The van der Waals surface area contributed by atoms with Crippen molar-refractivity contribution < 1.29 is 19.3 Å². The molecule has 190 valence electrons. The normalized spacial score (nSPS) is 17.9. The Kier molecular flexibility index (Phi) is 7.82. The number of carbonyl (C=O) groups is 3. The van der Waals surface area contributed by atoms with Crippen molar-refractivity contribution >= 4 is 34.8 Å². The molecule has 3 amide bonds. The third-order valence-electron chi connectivity index (χ3n) is 6.76. The highest BCUT2D eigenvalue weighted by atomic mass is 16.6. The lowest BCUT2D eigenvalue weighted by Gasteiger charge is -2.36. The summed E-state index contributed by atoms with van der Waals surface area (Å²) >= 11 is 0. The summed E-state index contributed by atoms with van der Waals surface area (Å²) in [5, 5.41) is 13.7. The molecule has 10 nitrogen and oxygen atoms in total. The van der Waals surface area contributed by atoms with Gasteiger partial charge in [0.2, 0.25) is 11.8 Å². The standard InChI is InChI=1S/C26H31N5O5/c1-2-3-12-30-18-20(17-24(30)32)25(33)27-21-6-4-19(5-7-21)26(34)29-15-13-28(14-16-29)22-8-10-23(11-9-22)31(35)36/h4-11,20H,2-3,12-18H2,1H3,(H,27,33). The molecule has 2 aromatic carbocycles. The number of hydrogen-bond acceptors (Lipinski definition) is 6. The van der Waals surface area contributed by atoms with Gasteiger partial charge in [0.1, 0.15) is 0 Å². The molecule has 2 aromatic rings. The highest BCUT2D eigenvalue weighted by Gasteiger charge is 2.34. The van der Waals surface area contributed by atoms with Gasteiger partial charge in [-0.25, -0.2) is 0 Å². The lowest BCUT2D eigenvalue weighted by atomic mass is 10.1. The van der Waals surface area contributed by atoms with Crippen LogP contribution in [0, 0.1) is 16.0 Å². The molecule has 4 rings (SSSR count). The van der Waals surface area contributed by atoms with E-state index < -0.39 is 4.92 Å². The van der Waals surface area contributed by atoms with Crippen LogP contribution in [0.15, 0.2) is 48.5 Å². The average molecular weight is 494 g/mol. The van der Waals surface area contributed by atoms with E-state index in [9.17, 15) is 24.5 Å². The van der Waals surface area contributed by atoms with E-state index in [-0.39, 0.29) is 35.7 Å². The van der Waals surface area contributed by atoms with Gasteiger partial charge in [0.15, 0.2) is 0 Å². The van der Waals surface area contributed by atoms with Gasteiger partial charge in [-0.3, -0.25) is 24.5 Å². The van der Waals surface area contributed by atoms with Gasteiger partial charge in [-0.15, -0.1) is 0 Å². The molecule has 2 aliphatic rings. The fourth-order valence-electron chi connectivity index (χ4n) is 4.59. The summed E-state index contributed by atoms with van der Waals surface area (Å²) in [6.45, 7) is 5.56. The number of carbonyl (C=O) groups excluding carboxylic acids is 3. The highest BCUT2D eigenvalue weighted by Crippen LogP contribution is 2.23. The van der Waals surface area contributed by atoms with Crippen LogP contribution in [0.3, 0.4) is 0 Å². The van der Waals surface area contributed by atoms with Gasteiger partial charge in [0.05, 0.1) is 10.8 Å². The van der Waals surface area contributed by atoms with Crippen molar-refractivity contribution in [3.05, 3.63) is 64.2 Å². The maximum atomic E-state index is 13.0. The van der Waals surface area contributed by atoms with Gasteiger partial charge in [0, 0.05) is 74.8 Å². The SMILES string of the molecule is CCCCN1CC(C(=O)Nc2ccc(C(=O)N3CCN(c4ccc([N+](=O)[O-])cc4)CC3)cc2)CC1=O. The van der Waals surface area contributed by atoms with Gasteiger partial charge in [-0.05, 0) is 42.8 Å². The van der Waals surface area contributed by atoms with Crippen LogP contribution in [0.1, 0.15) is 36.5 Å². The highest BCUT2D eigenvalue weighted by molar-refractivity contribution is 5.98. The summed E-state index contributed by atoms with van der Waals surface area (Å²) in [5.74, 6) is -0.589. The quantitative estimate of drug-likeness (QED) is 0.446. The molecule has 36 heavy (non-hydrogen) atoms. The Morgan fingerprint density at radius 1 is 1.03 bits per heavy atom. The molecule has 0 bridgehead atoms. The van der Waals surface area contributed by atoms with Gasteiger partial charge < -0.3 is 20.0 Å². The first kappa shape index (κ1) is 25.2. The predicted octanol–water partition coefficient (Wildman–Crippen LogP) is 3.14. The molecule has 1 unspecified atom stereocenters. The molecule has 2 aliphatic heterocycles. The molecule has 0 aliphatic carbocycles. The number of rotatable bonds is 8. The Balaban J connectivity index is 1.27. The molecule has 0 radical (unpaired) electrons. The Labute approximate surface area is 210 Å². The van der Waals surface area contributed by atoms with E-state index in [1.807, 2.05) is 0 Å². The van der Waals surface area contributed by atoms with E-state index in [4.69, 9.17) is 0 Å². The van der Waals surface area contributed by atoms with Crippen LogP contribution in [-0.4, -0.2) is 71.7 Å². The minimum atomic E-state index is -0.422. The van der Waals surface area contributed by atoms with Gasteiger partial charge in [-0.1, -0.05) is 13.3 Å². The number of unbranched alkanes of at least 4 members (excludes halogenated alkanes) is 1. The minimum Gasteiger partial charge on any atom is -0.368 e. The van der Waals surface area contributed by atoms with Crippen molar-refractivity contribution in [2.24, 2.45) is 5.92 Å². The number of hydrogen-bond donors (Lipinski definition) is 1. The zero-order chi connectivity index (χ0) is 25.7. The van der Waals surface area contributed by atoms with Crippen LogP contribution < -0.4 is 10.2 Å². The molecular weight excluding hydrogens is 462 g/mol. The molecule has 0 aromatic heterocycles. The van der Waals surface area contributed by atoms with Crippen molar-refractivity contribution in [1.82, 2.24) is 9.80 Å². The molecule has 2 heterocycles. The number of amides is 3. The number of nitrogens with one attached hydrogen (secondary N) is 1. The lowest BCUT2D eigenvalue weighted by Crippen LogP contribution is -2.48. The monoisotopic (exact) mass is 493 g/mol. The molecule has 2 saturated heterocycles. The molecule has 0 spiro atoms. The number of nitrogens with zero attached hydrogens (tertiary/aromatic N) is 4. The largest absolute Gasteiger partial charge is 0.368 e. The zero-order valence-corrected chi connectivity index (χ0v) is 20.4. The Bertz CT molecular complexity index is 1110. The van der Waals surface area contributed by atoms with Crippen LogP contribution >= 0.6 is 0 Å². The average Bonchev–Trinajstić information content (AvgIpc) is 3.28. The number of non-ortho nitro benzene ring substituents is 1. The Morgan fingerprint density at radius 3 is 2.31 bits per heavy atom. The number of nitro benzene ring substituents is 1. The van der Waals surface area contributed by atoms with Gasteiger partial charge >= 0.3 is 0 Å². The number of benzene rings is 2. The number of piperazine rings is 1. The van der Waals surface area contributed by atoms with Gasteiger partial charge in [0.25, 0.3) is 11.6 Å². The van der Waals surface area contributed by atoms with Crippen LogP contribution in [0.2, 0.25) is 0 Å². The first-order valence-electron chi connectivity index (χ1n) is 12.3. The molecular formula is C26H31N5O5. The summed E-state index contributed by atoms with van der Waals surface area (Å²) in [7, 11) is 0. The zero-order valence-electron chi connectivity index (χ0n) is 20.4. The second-order valence-corrected chi connectivity index (χ2v) is 9.21. The molecule has 1 atom stereocenters. The molecule has 0 saturated carbocycles. The predicted molar refractivity (Wildman–Crippen MR) is 136 cm³/mol. The fourth-order valence-corrected chi connectivity index (χ4v) is 4.59. The summed E-state index contributed by atoms with van der Waals surface area (Å²) < 4.78 is 0. The topological polar surface area (TPSA) is 116 Å². The van der Waals surface area contributed by atoms with Crippen LogP contribution in [0.5, 0.6) is 0 Å². The van der Waals surface area contributed by atoms with Crippen molar-refractivity contribution in [3.63, 3.8) is 0 Å². The summed E-state index contributed by atoms with van der Waals surface area (Å²) in [4.78, 5) is 53.8. The number of anilines is 2. The number of nitro groups is 1. The molecule has 10 heteroatoms. The second kappa shape index (κ2) is 11.2. The van der Waals surface area contributed by atoms with E-state index in [2.05, 4.69) is 17.1 Å². The maximum absolute atomic E-state index is 13.0. The minimum absolute atomic E-state index is 0.0261. The van der Waals surface area contributed by atoms with Gasteiger partial charge in [-0.2, -0.15) is 0 Å². The maximum Gasteiger partial charge on any atom is 0.269 e. The smallest absolute Gasteiger partial charge is 0.269 e. The molecule has 1 N–H and O–H groups in total. The summed E-state index contributed by atoms with van der Waals surface area (Å²) in [6, 6.07) is 13.3. The third-order valence-corrected chi connectivity index (χ3v) is 6.76. The van der Waals surface area contributed by atoms with Crippen LogP contribution in [-0.2, 0) is 9.59 Å². The Morgan fingerprint density at radius 2 is 1.69 bits per heavy atom. The third kappa shape index (κ3) is 5.81. The van der Waals surface area contributed by atoms with Crippen LogP contribution in [0.25, 0.3) is 0 Å². The van der Waals surface area contributed by atoms with E-state index in [1.54, 1.807) is 46.2 Å². The van der Waals surface area contributed by atoms with E-state index >= 15 is 0 Å². The summed E-state index contributed by atoms with van der Waals surface area (Å²) in [5.41, 5.74) is 2.08. The van der Waals surface area contributed by atoms with E-state index in [1.165, 1.54) is 12.1 Å². The first-order chi connectivity index (χ1) is 17.4.